The third-order valence-corrected chi connectivity index (χ3v) is 4.78. The molecule has 1 heterocycles. The van der Waals surface area contributed by atoms with Crippen LogP contribution in [0.1, 0.15) is 29.9 Å². The molecule has 6 heteroatoms. The van der Waals surface area contributed by atoms with Crippen molar-refractivity contribution in [2.45, 2.75) is 13.8 Å². The van der Waals surface area contributed by atoms with E-state index < -0.39 is 0 Å². The van der Waals surface area contributed by atoms with E-state index in [1.807, 2.05) is 62.4 Å². The zero-order valence-corrected chi connectivity index (χ0v) is 16.8. The summed E-state index contributed by atoms with van der Waals surface area (Å²) in [5.74, 6) is 0.367. The van der Waals surface area contributed by atoms with Crippen molar-refractivity contribution >= 4 is 22.4 Å². The van der Waals surface area contributed by atoms with E-state index in [1.54, 1.807) is 6.07 Å². The quantitative estimate of drug-likeness (QED) is 0.362. The molecule has 0 bridgehead atoms. The summed E-state index contributed by atoms with van der Waals surface area (Å²) < 4.78 is 5.64. The number of carbonyl (C=O) groups excluding carboxylic acids is 1. The highest BCUT2D eigenvalue weighted by atomic mass is 16.5. The Bertz CT molecular complexity index is 1230. The lowest BCUT2D eigenvalue weighted by molar-refractivity contribution is 0.0950. The minimum absolute atomic E-state index is 0.325. The van der Waals surface area contributed by atoms with Crippen LogP contribution in [0.25, 0.3) is 22.0 Å². The van der Waals surface area contributed by atoms with E-state index in [1.165, 1.54) is 0 Å². The fourth-order valence-corrected chi connectivity index (χ4v) is 3.21. The molecule has 1 aromatic heterocycles. The van der Waals surface area contributed by atoms with Gasteiger partial charge in [-0.05, 0) is 54.4 Å². The Kier molecular flexibility index (Phi) is 5.57. The third-order valence-electron chi connectivity index (χ3n) is 4.78. The van der Waals surface area contributed by atoms with E-state index in [2.05, 4.69) is 38.9 Å². The number of para-hydroxylation sites is 1. The average Bonchev–Trinajstić information content (AvgIpc) is 3.28. The Morgan fingerprint density at radius 2 is 1.80 bits per heavy atom. The first-order valence-electron chi connectivity index (χ1n) is 9.77. The first-order chi connectivity index (χ1) is 14.7. The topological polar surface area (TPSA) is 79.4 Å². The summed E-state index contributed by atoms with van der Waals surface area (Å²) in [6.45, 7) is 4.34. The van der Waals surface area contributed by atoms with Crippen LogP contribution < -0.4 is 10.2 Å². The number of amides is 1. The third kappa shape index (κ3) is 4.07. The predicted octanol–water partition coefficient (Wildman–Crippen LogP) is 4.78. The summed E-state index contributed by atoms with van der Waals surface area (Å²) in [5, 5.41) is 13.6. The van der Waals surface area contributed by atoms with Gasteiger partial charge in [-0.1, -0.05) is 48.5 Å². The van der Waals surface area contributed by atoms with Crippen molar-refractivity contribution in [1.29, 1.82) is 0 Å². The van der Waals surface area contributed by atoms with Crippen molar-refractivity contribution in [3.63, 3.8) is 0 Å². The van der Waals surface area contributed by atoms with Crippen LogP contribution >= 0.6 is 0 Å². The number of ether oxygens (including phenoxy) is 1. The second-order valence-corrected chi connectivity index (χ2v) is 6.80. The van der Waals surface area contributed by atoms with Crippen LogP contribution in [0.5, 0.6) is 5.75 Å². The number of rotatable bonds is 6. The largest absolute Gasteiger partial charge is 0.493 e. The fourth-order valence-electron chi connectivity index (χ4n) is 3.21. The second kappa shape index (κ2) is 8.61. The molecule has 0 radical (unpaired) electrons. The van der Waals surface area contributed by atoms with Crippen LogP contribution in [-0.4, -0.2) is 28.4 Å². The zero-order chi connectivity index (χ0) is 20.9. The molecule has 30 heavy (non-hydrogen) atoms. The van der Waals surface area contributed by atoms with Crippen LogP contribution in [0.2, 0.25) is 0 Å². The highest BCUT2D eigenvalue weighted by molar-refractivity contribution is 6.03. The second-order valence-electron chi connectivity index (χ2n) is 6.80. The molecular weight excluding hydrogens is 376 g/mol. The normalized spacial score (nSPS) is 11.5. The van der Waals surface area contributed by atoms with E-state index >= 15 is 0 Å². The van der Waals surface area contributed by atoms with Gasteiger partial charge in [0.05, 0.1) is 18.0 Å². The van der Waals surface area contributed by atoms with Crippen molar-refractivity contribution in [2.75, 3.05) is 6.61 Å². The smallest absolute Gasteiger partial charge is 0.289 e. The first kappa shape index (κ1) is 19.4. The Morgan fingerprint density at radius 3 is 2.63 bits per heavy atom. The molecule has 0 aliphatic heterocycles. The highest BCUT2D eigenvalue weighted by Crippen LogP contribution is 2.28. The van der Waals surface area contributed by atoms with Crippen LogP contribution in [0.15, 0.2) is 77.9 Å². The van der Waals surface area contributed by atoms with Gasteiger partial charge < -0.3 is 4.74 Å². The molecule has 0 saturated carbocycles. The van der Waals surface area contributed by atoms with Crippen molar-refractivity contribution < 1.29 is 9.53 Å². The number of benzene rings is 3. The Morgan fingerprint density at radius 1 is 1.03 bits per heavy atom. The summed E-state index contributed by atoms with van der Waals surface area (Å²) in [4.78, 5) is 12.5. The van der Waals surface area contributed by atoms with Gasteiger partial charge in [0.15, 0.2) is 0 Å². The maximum absolute atomic E-state index is 12.5. The molecule has 1 amide bonds. The number of hydrogen-bond acceptors (Lipinski definition) is 4. The number of nitrogens with one attached hydrogen (secondary N) is 2. The summed E-state index contributed by atoms with van der Waals surface area (Å²) >= 11 is 0. The van der Waals surface area contributed by atoms with Gasteiger partial charge in [0, 0.05) is 5.56 Å². The lowest BCUT2D eigenvalue weighted by Gasteiger charge is -2.07. The van der Waals surface area contributed by atoms with Gasteiger partial charge in [-0.15, -0.1) is 0 Å². The van der Waals surface area contributed by atoms with Crippen molar-refractivity contribution in [2.24, 2.45) is 5.10 Å². The number of H-pyrrole nitrogens is 1. The highest BCUT2D eigenvalue weighted by Gasteiger charge is 2.13. The monoisotopic (exact) mass is 398 g/mol. The number of hydrazone groups is 1. The maximum atomic E-state index is 12.5. The molecule has 0 saturated heterocycles. The minimum atomic E-state index is -0.359. The number of nitrogens with zero attached hydrogens (tertiary/aromatic N) is 2. The lowest BCUT2D eigenvalue weighted by Crippen LogP contribution is -2.19. The van der Waals surface area contributed by atoms with Gasteiger partial charge in [0.2, 0.25) is 0 Å². The number of hydrogen-bond donors (Lipinski definition) is 2. The Hall–Kier alpha value is -3.93. The lowest BCUT2D eigenvalue weighted by atomic mass is 10.0. The van der Waals surface area contributed by atoms with Gasteiger partial charge in [0.1, 0.15) is 11.4 Å². The van der Waals surface area contributed by atoms with Crippen LogP contribution in [0.3, 0.4) is 0 Å². The van der Waals surface area contributed by atoms with Crippen molar-refractivity contribution in [3.8, 4) is 17.0 Å². The average molecular weight is 398 g/mol. The molecule has 0 atom stereocenters. The molecule has 4 aromatic rings. The summed E-state index contributed by atoms with van der Waals surface area (Å²) in [6.07, 6.45) is 0. The van der Waals surface area contributed by atoms with Gasteiger partial charge in [-0.2, -0.15) is 10.2 Å². The number of fused-ring (bicyclic) bond motifs is 1. The minimum Gasteiger partial charge on any atom is -0.493 e. The molecular formula is C24H22N4O2. The van der Waals surface area contributed by atoms with Gasteiger partial charge in [-0.3, -0.25) is 9.89 Å². The van der Waals surface area contributed by atoms with E-state index in [9.17, 15) is 4.79 Å². The van der Waals surface area contributed by atoms with Gasteiger partial charge in [-0.25, -0.2) is 5.43 Å². The van der Waals surface area contributed by atoms with Crippen LogP contribution in [-0.2, 0) is 0 Å². The molecule has 0 unspecified atom stereocenters. The standard InChI is InChI=1S/C24H22N4O2/c1-3-30-23-11-7-6-10-20(23)21-15-22(27-26-21)24(29)28-25-16(2)18-13-12-17-8-4-5-9-19(17)14-18/h4-15H,3H2,1-2H3,(H,26,27)(H,28,29)/b25-16-. The number of aromatic nitrogens is 2. The molecule has 0 aliphatic carbocycles. The summed E-state index contributed by atoms with van der Waals surface area (Å²) in [7, 11) is 0. The number of aromatic amines is 1. The Labute approximate surface area is 174 Å². The van der Waals surface area contributed by atoms with E-state index in [0.29, 0.717) is 18.0 Å². The molecule has 2 N–H and O–H groups in total. The Balaban J connectivity index is 1.50. The van der Waals surface area contributed by atoms with E-state index in [0.717, 1.165) is 33.4 Å². The number of carbonyl (C=O) groups is 1. The molecule has 3 aromatic carbocycles. The predicted molar refractivity (Wildman–Crippen MR) is 119 cm³/mol. The van der Waals surface area contributed by atoms with Gasteiger partial charge >= 0.3 is 0 Å². The fraction of sp³-hybridized carbons (Fsp3) is 0.125. The molecule has 6 nitrogen and oxygen atoms in total. The molecule has 150 valence electrons. The molecule has 4 rings (SSSR count). The molecule has 0 fully saturated rings. The van der Waals surface area contributed by atoms with Gasteiger partial charge in [0.25, 0.3) is 5.91 Å². The van der Waals surface area contributed by atoms with Crippen molar-refractivity contribution in [1.82, 2.24) is 15.6 Å². The van der Waals surface area contributed by atoms with E-state index in [-0.39, 0.29) is 5.91 Å². The molecule has 0 spiro atoms. The zero-order valence-electron chi connectivity index (χ0n) is 16.8. The molecule has 0 aliphatic rings. The summed E-state index contributed by atoms with van der Waals surface area (Å²) in [5.41, 5.74) is 6.05. The summed E-state index contributed by atoms with van der Waals surface area (Å²) in [6, 6.07) is 23.5. The van der Waals surface area contributed by atoms with Crippen LogP contribution in [0, 0.1) is 0 Å². The maximum Gasteiger partial charge on any atom is 0.289 e. The van der Waals surface area contributed by atoms with E-state index in [4.69, 9.17) is 4.74 Å². The SMILES string of the molecule is CCOc1ccccc1-c1cc(C(=O)N/N=C(/C)c2ccc3ccccc3c2)[nH]n1. The van der Waals surface area contributed by atoms with Crippen LogP contribution in [0.4, 0.5) is 0 Å². The van der Waals surface area contributed by atoms with Crippen molar-refractivity contribution in [3.05, 3.63) is 84.1 Å². The first-order valence-corrected chi connectivity index (χ1v) is 9.77.